The third-order valence-corrected chi connectivity index (χ3v) is 3.29. The van der Waals surface area contributed by atoms with Crippen molar-refractivity contribution < 1.29 is 44.4 Å². The van der Waals surface area contributed by atoms with E-state index in [2.05, 4.69) is 5.32 Å². The average molecular weight is 392 g/mol. The molecule has 0 fully saturated rings. The first-order chi connectivity index (χ1) is 12.4. The van der Waals surface area contributed by atoms with E-state index < -0.39 is 73.0 Å². The molecule has 5 atom stereocenters. The molecule has 0 rings (SSSR count). The predicted octanol–water partition coefficient (Wildman–Crippen LogP) is -4.28. The highest BCUT2D eigenvalue weighted by atomic mass is 16.4. The molecule has 154 valence electrons. The average Bonchev–Trinajstić information content (AvgIpc) is 2.55. The van der Waals surface area contributed by atoms with Gasteiger partial charge in [0.1, 0.15) is 18.1 Å². The molecule has 13 heteroatoms. The Balaban J connectivity index is 5.12. The molecular weight excluding hydrogens is 368 g/mol. The Bertz CT molecular complexity index is 579. The van der Waals surface area contributed by atoms with Crippen LogP contribution in [-0.4, -0.2) is 87.0 Å². The number of carboxylic acid groups (broad SMARTS) is 2. The van der Waals surface area contributed by atoms with Crippen molar-refractivity contribution in [2.45, 2.75) is 50.5 Å². The van der Waals surface area contributed by atoms with Gasteiger partial charge in [0, 0.05) is 0 Å². The SMILES string of the molecule is CC(N)C(=O)NC(C(=O)NC(CO)C(=O)NC(CC(=O)O)C(=O)O)C(C)O. The molecule has 0 spiro atoms. The van der Waals surface area contributed by atoms with Crippen molar-refractivity contribution in [1.82, 2.24) is 16.0 Å². The minimum Gasteiger partial charge on any atom is -0.481 e. The number of hydrogen-bond acceptors (Lipinski definition) is 8. The van der Waals surface area contributed by atoms with Gasteiger partial charge in [0.2, 0.25) is 17.7 Å². The van der Waals surface area contributed by atoms with Gasteiger partial charge in [-0.05, 0) is 13.8 Å². The Morgan fingerprint density at radius 1 is 0.889 bits per heavy atom. The molecule has 3 amide bonds. The van der Waals surface area contributed by atoms with Gasteiger partial charge in [-0.3, -0.25) is 19.2 Å². The van der Waals surface area contributed by atoms with E-state index in [1.807, 2.05) is 10.6 Å². The van der Waals surface area contributed by atoms with E-state index in [4.69, 9.17) is 15.9 Å². The Morgan fingerprint density at radius 3 is 1.78 bits per heavy atom. The van der Waals surface area contributed by atoms with Crippen LogP contribution < -0.4 is 21.7 Å². The predicted molar refractivity (Wildman–Crippen MR) is 88.1 cm³/mol. The molecule has 0 aromatic heterocycles. The van der Waals surface area contributed by atoms with E-state index in [9.17, 15) is 34.2 Å². The lowest BCUT2D eigenvalue weighted by atomic mass is 10.1. The first-order valence-electron chi connectivity index (χ1n) is 7.80. The first kappa shape index (κ1) is 24.2. The van der Waals surface area contributed by atoms with Crippen LogP contribution in [0.3, 0.4) is 0 Å². The molecule has 5 unspecified atom stereocenters. The molecule has 27 heavy (non-hydrogen) atoms. The summed E-state index contributed by atoms with van der Waals surface area (Å²) in [6.07, 6.45) is -2.30. The van der Waals surface area contributed by atoms with Crippen molar-refractivity contribution in [2.24, 2.45) is 5.73 Å². The van der Waals surface area contributed by atoms with Crippen LogP contribution in [0.2, 0.25) is 0 Å². The standard InChI is InChI=1S/C14H24N4O9/c1-5(15)11(23)18-10(6(2)20)13(25)17-8(4-19)12(24)16-7(14(26)27)3-9(21)22/h5-8,10,19-20H,3-4,15H2,1-2H3,(H,16,24)(H,17,25)(H,18,23)(H,21,22)(H,26,27). The minimum absolute atomic E-state index is 0.756. The number of aliphatic hydroxyl groups excluding tert-OH is 2. The zero-order valence-electron chi connectivity index (χ0n) is 14.7. The van der Waals surface area contributed by atoms with Crippen LogP contribution in [0.15, 0.2) is 0 Å². The normalized spacial score (nSPS) is 16.2. The van der Waals surface area contributed by atoms with Gasteiger partial charge >= 0.3 is 11.9 Å². The summed E-state index contributed by atoms with van der Waals surface area (Å²) < 4.78 is 0. The monoisotopic (exact) mass is 392 g/mol. The molecule has 0 heterocycles. The second kappa shape index (κ2) is 11.1. The van der Waals surface area contributed by atoms with Gasteiger partial charge in [0.15, 0.2) is 0 Å². The fraction of sp³-hybridized carbons (Fsp3) is 0.643. The molecule has 0 aromatic carbocycles. The van der Waals surface area contributed by atoms with Crippen LogP contribution in [0.1, 0.15) is 20.3 Å². The van der Waals surface area contributed by atoms with Crippen molar-refractivity contribution in [2.75, 3.05) is 6.61 Å². The third kappa shape index (κ3) is 8.44. The highest BCUT2D eigenvalue weighted by Crippen LogP contribution is 1.98. The summed E-state index contributed by atoms with van der Waals surface area (Å²) >= 11 is 0. The number of carbonyl (C=O) groups is 5. The van der Waals surface area contributed by atoms with Gasteiger partial charge in [-0.2, -0.15) is 0 Å². The van der Waals surface area contributed by atoms with Crippen molar-refractivity contribution in [1.29, 1.82) is 0 Å². The number of aliphatic hydroxyl groups is 2. The number of hydrogen-bond donors (Lipinski definition) is 8. The van der Waals surface area contributed by atoms with Gasteiger partial charge in [0.05, 0.1) is 25.2 Å². The molecule has 0 aliphatic carbocycles. The third-order valence-electron chi connectivity index (χ3n) is 3.29. The fourth-order valence-corrected chi connectivity index (χ4v) is 1.79. The second-order valence-electron chi connectivity index (χ2n) is 5.76. The maximum absolute atomic E-state index is 12.2. The van der Waals surface area contributed by atoms with E-state index in [0.29, 0.717) is 0 Å². The molecule has 0 saturated heterocycles. The summed E-state index contributed by atoms with van der Waals surface area (Å²) in [4.78, 5) is 57.4. The topological polar surface area (TPSA) is 228 Å². The van der Waals surface area contributed by atoms with Crippen LogP contribution in [0, 0.1) is 0 Å². The lowest BCUT2D eigenvalue weighted by Crippen LogP contribution is -2.60. The highest BCUT2D eigenvalue weighted by Gasteiger charge is 2.32. The number of carbonyl (C=O) groups excluding carboxylic acids is 3. The number of carboxylic acids is 2. The molecule has 13 nitrogen and oxygen atoms in total. The molecule has 0 aromatic rings. The first-order valence-corrected chi connectivity index (χ1v) is 7.80. The van der Waals surface area contributed by atoms with E-state index in [1.165, 1.54) is 13.8 Å². The summed E-state index contributed by atoms with van der Waals surface area (Å²) in [5, 5.41) is 42.5. The minimum atomic E-state index is -1.79. The maximum atomic E-state index is 12.2. The Labute approximate surface area is 153 Å². The van der Waals surface area contributed by atoms with Crippen LogP contribution >= 0.6 is 0 Å². The van der Waals surface area contributed by atoms with E-state index in [1.54, 1.807) is 0 Å². The van der Waals surface area contributed by atoms with Crippen LogP contribution in [0.4, 0.5) is 0 Å². The Kier molecular flexibility index (Phi) is 9.92. The van der Waals surface area contributed by atoms with E-state index in [0.717, 1.165) is 0 Å². The van der Waals surface area contributed by atoms with Crippen LogP contribution in [0.5, 0.6) is 0 Å². The fourth-order valence-electron chi connectivity index (χ4n) is 1.79. The zero-order valence-corrected chi connectivity index (χ0v) is 14.7. The summed E-state index contributed by atoms with van der Waals surface area (Å²) in [7, 11) is 0. The zero-order chi connectivity index (χ0) is 21.3. The van der Waals surface area contributed by atoms with E-state index >= 15 is 0 Å². The highest BCUT2D eigenvalue weighted by molar-refractivity contribution is 5.94. The lowest BCUT2D eigenvalue weighted by Gasteiger charge is -2.25. The number of aliphatic carboxylic acids is 2. The largest absolute Gasteiger partial charge is 0.481 e. The number of rotatable bonds is 11. The molecule has 0 aliphatic rings. The van der Waals surface area contributed by atoms with Gasteiger partial charge < -0.3 is 42.1 Å². The number of amides is 3. The number of nitrogens with two attached hydrogens (primary N) is 1. The number of nitrogens with one attached hydrogen (secondary N) is 3. The van der Waals surface area contributed by atoms with Crippen molar-refractivity contribution in [3.8, 4) is 0 Å². The van der Waals surface area contributed by atoms with Crippen molar-refractivity contribution >= 4 is 29.7 Å². The van der Waals surface area contributed by atoms with E-state index in [-0.39, 0.29) is 0 Å². The molecule has 0 radical (unpaired) electrons. The van der Waals surface area contributed by atoms with Gasteiger partial charge in [0.25, 0.3) is 0 Å². The van der Waals surface area contributed by atoms with Crippen LogP contribution in [0.25, 0.3) is 0 Å². The molecule has 0 aliphatic heterocycles. The van der Waals surface area contributed by atoms with Gasteiger partial charge in [-0.1, -0.05) is 0 Å². The van der Waals surface area contributed by atoms with Gasteiger partial charge in [-0.15, -0.1) is 0 Å². The smallest absolute Gasteiger partial charge is 0.326 e. The van der Waals surface area contributed by atoms with Crippen molar-refractivity contribution in [3.63, 3.8) is 0 Å². The van der Waals surface area contributed by atoms with Crippen molar-refractivity contribution in [3.05, 3.63) is 0 Å². The maximum Gasteiger partial charge on any atom is 0.326 e. The molecule has 0 bridgehead atoms. The summed E-state index contributed by atoms with van der Waals surface area (Å²) in [5.41, 5.74) is 5.35. The molecular formula is C14H24N4O9. The van der Waals surface area contributed by atoms with Gasteiger partial charge in [-0.25, -0.2) is 4.79 Å². The lowest BCUT2D eigenvalue weighted by molar-refractivity contribution is -0.147. The summed E-state index contributed by atoms with van der Waals surface area (Å²) in [6, 6.07) is -5.92. The summed E-state index contributed by atoms with van der Waals surface area (Å²) in [6.45, 7) is 1.57. The molecule has 9 N–H and O–H groups in total. The van der Waals surface area contributed by atoms with Crippen LogP contribution in [-0.2, 0) is 24.0 Å². The molecule has 0 saturated carbocycles. The Hall–Kier alpha value is -2.77. The summed E-state index contributed by atoms with van der Waals surface area (Å²) in [5.74, 6) is -6.07. The second-order valence-corrected chi connectivity index (χ2v) is 5.76. The quantitative estimate of drug-likeness (QED) is 0.169. The Morgan fingerprint density at radius 2 is 1.41 bits per heavy atom.